The molecule has 1 aromatic carbocycles. The zero-order valence-electron chi connectivity index (χ0n) is 14.6. The maximum Gasteiger partial charge on any atom is 0.430 e. The highest BCUT2D eigenvalue weighted by Gasteiger charge is 2.71. The van der Waals surface area contributed by atoms with Crippen LogP contribution in [0.5, 0.6) is 0 Å². The minimum absolute atomic E-state index is 0.0108. The van der Waals surface area contributed by atoms with Gasteiger partial charge in [0.05, 0.1) is 16.8 Å². The Labute approximate surface area is 177 Å². The summed E-state index contributed by atoms with van der Waals surface area (Å²) >= 11 is 6.60. The molecule has 2 heterocycles. The predicted molar refractivity (Wildman–Crippen MR) is 101 cm³/mol. The third-order valence-electron chi connectivity index (χ3n) is 4.34. The molecule has 0 saturated carbocycles. The van der Waals surface area contributed by atoms with Crippen LogP contribution in [0.2, 0.25) is 5.15 Å². The van der Waals surface area contributed by atoms with Crippen LogP contribution in [0.25, 0.3) is 0 Å². The van der Waals surface area contributed by atoms with Gasteiger partial charge in [-0.1, -0.05) is 28.4 Å². The first-order valence-corrected chi connectivity index (χ1v) is 10.9. The maximum atomic E-state index is 13.2. The fourth-order valence-corrected chi connectivity index (χ4v) is 5.62. The van der Waals surface area contributed by atoms with Crippen LogP contribution in [-0.4, -0.2) is 43.8 Å². The normalized spacial score (nSPS) is 16.4. The van der Waals surface area contributed by atoms with Gasteiger partial charge in [0, 0.05) is 22.8 Å². The lowest BCUT2D eigenvalue weighted by atomic mass is 9.92. The quantitative estimate of drug-likeness (QED) is 0.376. The first kappa shape index (κ1) is 23.3. The number of pyridine rings is 1. The van der Waals surface area contributed by atoms with Crippen molar-refractivity contribution in [3.8, 4) is 0 Å². The van der Waals surface area contributed by atoms with E-state index in [0.717, 1.165) is 28.3 Å². The molecule has 14 heteroatoms. The Morgan fingerprint density at radius 2 is 1.67 bits per heavy atom. The average Bonchev–Trinajstić information content (AvgIpc) is 2.65. The van der Waals surface area contributed by atoms with Gasteiger partial charge in [-0.3, -0.25) is 13.4 Å². The van der Waals surface area contributed by atoms with Crippen molar-refractivity contribution >= 4 is 39.8 Å². The Morgan fingerprint density at radius 3 is 2.20 bits per heavy atom. The van der Waals surface area contributed by atoms with Crippen molar-refractivity contribution in [2.45, 2.75) is 27.7 Å². The summed E-state index contributed by atoms with van der Waals surface area (Å²) in [5, 5.41) is 9.69. The number of thioether (sulfide) groups is 1. The van der Waals surface area contributed by atoms with Crippen LogP contribution in [0, 0.1) is 0 Å². The van der Waals surface area contributed by atoms with Crippen molar-refractivity contribution in [2.75, 3.05) is 16.6 Å². The molecule has 0 saturated heterocycles. The first-order valence-electron chi connectivity index (χ1n) is 8.00. The van der Waals surface area contributed by atoms with Crippen LogP contribution in [0.3, 0.4) is 0 Å². The summed E-state index contributed by atoms with van der Waals surface area (Å²) in [6.45, 7) is 0.0464. The number of anilines is 1. The molecule has 30 heavy (non-hydrogen) atoms. The van der Waals surface area contributed by atoms with Crippen LogP contribution in [0.1, 0.15) is 5.56 Å². The lowest BCUT2D eigenvalue weighted by molar-refractivity contribution is -0.376. The van der Waals surface area contributed by atoms with E-state index in [9.17, 15) is 40.6 Å². The van der Waals surface area contributed by atoms with Crippen molar-refractivity contribution in [3.63, 3.8) is 0 Å². The van der Waals surface area contributed by atoms with E-state index in [0.29, 0.717) is 12.1 Å². The number of hydrogen-bond acceptors (Lipinski definition) is 6. The predicted octanol–water partition coefficient (Wildman–Crippen LogP) is 5.68. The fourth-order valence-electron chi connectivity index (χ4n) is 2.82. The number of fused-ring (bicyclic) bond motifs is 1. The highest BCUT2D eigenvalue weighted by atomic mass is 35.5. The second-order valence-electron chi connectivity index (χ2n) is 6.17. The number of halogens is 7. The number of rotatable bonds is 3. The smallest absolute Gasteiger partial charge is 0.369 e. The second kappa shape index (κ2) is 7.64. The van der Waals surface area contributed by atoms with Gasteiger partial charge in [0.25, 0.3) is 5.60 Å². The van der Waals surface area contributed by atoms with Gasteiger partial charge in [-0.15, -0.1) is 11.8 Å². The Balaban J connectivity index is 2.08. The number of aromatic nitrogens is 1. The molecule has 0 amide bonds. The van der Waals surface area contributed by atoms with Crippen LogP contribution in [-0.2, 0) is 5.60 Å². The Hall–Kier alpha value is -1.38. The average molecular weight is 495 g/mol. The zero-order chi connectivity index (χ0) is 22.5. The molecule has 5 nitrogen and oxygen atoms in total. The molecule has 3 N–H and O–H groups in total. The molecule has 0 radical (unpaired) electrons. The van der Waals surface area contributed by atoms with Crippen molar-refractivity contribution in [1.29, 1.82) is 0 Å². The largest absolute Gasteiger partial charge is 0.430 e. The van der Waals surface area contributed by atoms with Crippen LogP contribution in [0.15, 0.2) is 46.3 Å². The van der Waals surface area contributed by atoms with Gasteiger partial charge in [-0.2, -0.15) is 26.3 Å². The number of benzene rings is 1. The van der Waals surface area contributed by atoms with Gasteiger partial charge in [0.2, 0.25) is 0 Å². The van der Waals surface area contributed by atoms with Crippen LogP contribution < -0.4 is 4.31 Å². The van der Waals surface area contributed by atoms with Gasteiger partial charge < -0.3 is 5.11 Å². The fraction of sp³-hybridized carbons (Fsp3) is 0.312. The summed E-state index contributed by atoms with van der Waals surface area (Å²) in [7, 11) is -3.71. The third-order valence-corrected chi connectivity index (χ3v) is 7.46. The molecule has 1 aromatic heterocycles. The highest BCUT2D eigenvalue weighted by molar-refractivity contribution is 8.25. The molecule has 3 rings (SSSR count). The van der Waals surface area contributed by atoms with Gasteiger partial charge in [-0.25, -0.2) is 4.98 Å². The molecule has 0 atom stereocenters. The molecular weight excluding hydrogens is 482 g/mol. The van der Waals surface area contributed by atoms with E-state index < -0.39 is 34.3 Å². The highest BCUT2D eigenvalue weighted by Crippen LogP contribution is 2.57. The Morgan fingerprint density at radius 1 is 1.03 bits per heavy atom. The van der Waals surface area contributed by atoms with E-state index in [1.54, 1.807) is 0 Å². The van der Waals surface area contributed by atoms with Gasteiger partial charge in [0.15, 0.2) is 0 Å². The van der Waals surface area contributed by atoms with Gasteiger partial charge in [0.1, 0.15) is 5.15 Å². The lowest BCUT2D eigenvalue weighted by Crippen LogP contribution is -2.54. The number of nitrogens with zero attached hydrogens (tertiary/aromatic N) is 2. The Kier molecular flexibility index (Phi) is 5.93. The van der Waals surface area contributed by atoms with E-state index in [2.05, 4.69) is 4.98 Å². The minimum Gasteiger partial charge on any atom is -0.369 e. The van der Waals surface area contributed by atoms with E-state index in [1.165, 1.54) is 12.1 Å². The number of alkyl halides is 6. The maximum absolute atomic E-state index is 13.2. The van der Waals surface area contributed by atoms with Gasteiger partial charge in [-0.05, 0) is 24.3 Å². The van der Waals surface area contributed by atoms with E-state index in [-0.39, 0.29) is 32.9 Å². The first-order chi connectivity index (χ1) is 13.7. The monoisotopic (exact) mass is 494 g/mol. The van der Waals surface area contributed by atoms with Crippen molar-refractivity contribution < 1.29 is 40.6 Å². The lowest BCUT2D eigenvalue weighted by Gasteiger charge is -2.46. The van der Waals surface area contributed by atoms with Crippen LogP contribution in [0.4, 0.5) is 32.0 Å². The molecule has 2 aromatic rings. The molecule has 0 fully saturated rings. The summed E-state index contributed by atoms with van der Waals surface area (Å²) in [5.41, 5.74) is -6.47. The molecule has 0 aliphatic carbocycles. The summed E-state index contributed by atoms with van der Waals surface area (Å²) in [6.07, 6.45) is -10.9. The molecular formula is C16H13ClF6N2O3S2. The molecule has 1 aliphatic heterocycles. The van der Waals surface area contributed by atoms with Crippen LogP contribution >= 0.6 is 34.1 Å². The third kappa shape index (κ3) is 3.82. The van der Waals surface area contributed by atoms with Crippen molar-refractivity contribution in [2.24, 2.45) is 0 Å². The van der Waals surface area contributed by atoms with E-state index in [4.69, 9.17) is 11.6 Å². The van der Waals surface area contributed by atoms with Crippen molar-refractivity contribution in [1.82, 2.24) is 4.98 Å². The molecule has 1 aliphatic rings. The topological polar surface area (TPSA) is 76.8 Å². The van der Waals surface area contributed by atoms with E-state index in [1.807, 2.05) is 0 Å². The standard InChI is InChI=1S/C16H13ClF6N2O3S2/c17-13-4-2-10(8-24-13)30(27,28)25-5-6-29-12-7-9(1-3-11(12)25)14(26,15(18,19)20)16(21,22)23/h1-4,7-8,26-28H,5-6H2. The molecule has 0 spiro atoms. The van der Waals surface area contributed by atoms with Crippen molar-refractivity contribution in [3.05, 3.63) is 47.2 Å². The van der Waals surface area contributed by atoms with Gasteiger partial charge >= 0.3 is 12.4 Å². The molecule has 0 unspecified atom stereocenters. The molecule has 166 valence electrons. The Bertz CT molecular complexity index is 926. The minimum atomic E-state index is -6.02. The summed E-state index contributed by atoms with van der Waals surface area (Å²) in [6, 6.07) is 4.51. The molecule has 0 bridgehead atoms. The summed E-state index contributed by atoms with van der Waals surface area (Å²) in [5.74, 6) is 0.143. The SMILES string of the molecule is OC(c1ccc2c(c1)SCCN2S(O)(O)c1ccc(Cl)nc1)(C(F)(F)F)C(F)(F)F. The zero-order valence-corrected chi connectivity index (χ0v) is 17.0. The summed E-state index contributed by atoms with van der Waals surface area (Å²) < 4.78 is 101. The number of hydrogen-bond donors (Lipinski definition) is 3. The second-order valence-corrected chi connectivity index (χ2v) is 9.65. The van der Waals surface area contributed by atoms with E-state index >= 15 is 0 Å². The summed E-state index contributed by atoms with van der Waals surface area (Å²) in [4.78, 5) is 3.64. The number of aliphatic hydroxyl groups is 1.